The third-order valence-corrected chi connectivity index (χ3v) is 3.70. The number of β-amino-alcohol motifs (C(OH)–C–C–N with tert-alkyl or cyclic N) is 1. The molecule has 86 valence electrons. The van der Waals surface area contributed by atoms with Crippen molar-refractivity contribution in [2.75, 3.05) is 23.7 Å². The molecule has 2 heterocycles. The fraction of sp³-hybridized carbons (Fsp3) is 0.600. The Hall–Kier alpha value is -1.32. The van der Waals surface area contributed by atoms with Crippen molar-refractivity contribution in [3.8, 4) is 6.07 Å². The van der Waals surface area contributed by atoms with Crippen LogP contribution in [0.2, 0.25) is 0 Å². The maximum absolute atomic E-state index is 10.0. The first-order valence-corrected chi connectivity index (χ1v) is 5.93. The second-order valence-electron chi connectivity index (χ2n) is 4.38. The monoisotopic (exact) mass is 238 g/mol. The maximum Gasteiger partial charge on any atom is 0.157 e. The van der Waals surface area contributed by atoms with E-state index >= 15 is 0 Å². The molecule has 1 aliphatic heterocycles. The SMILES string of the molecule is CC1(O)CCCN(c2snc(N)c2C#N)C1. The number of aromatic nitrogens is 1. The van der Waals surface area contributed by atoms with E-state index in [-0.39, 0.29) is 5.82 Å². The molecule has 6 heteroatoms. The molecule has 0 spiro atoms. The Kier molecular flexibility index (Phi) is 2.74. The molecule has 0 aromatic carbocycles. The first-order chi connectivity index (χ1) is 7.53. The summed E-state index contributed by atoms with van der Waals surface area (Å²) in [5.74, 6) is 0.285. The topological polar surface area (TPSA) is 86.2 Å². The van der Waals surface area contributed by atoms with Gasteiger partial charge in [0.2, 0.25) is 0 Å². The minimum absolute atomic E-state index is 0.285. The lowest BCUT2D eigenvalue weighted by atomic mass is 9.95. The van der Waals surface area contributed by atoms with Gasteiger partial charge in [-0.15, -0.1) is 0 Å². The van der Waals surface area contributed by atoms with Crippen LogP contribution in [0.15, 0.2) is 0 Å². The Balaban J connectivity index is 2.28. The lowest BCUT2D eigenvalue weighted by molar-refractivity contribution is 0.0451. The summed E-state index contributed by atoms with van der Waals surface area (Å²) in [4.78, 5) is 2.00. The van der Waals surface area contributed by atoms with Crippen molar-refractivity contribution in [2.24, 2.45) is 0 Å². The number of nitrogen functional groups attached to an aromatic ring is 1. The zero-order chi connectivity index (χ0) is 11.8. The number of hydrogen-bond acceptors (Lipinski definition) is 6. The molecule has 0 radical (unpaired) electrons. The molecule has 1 aromatic rings. The number of anilines is 2. The van der Waals surface area contributed by atoms with Crippen molar-refractivity contribution in [3.05, 3.63) is 5.56 Å². The minimum atomic E-state index is -0.691. The maximum atomic E-state index is 10.0. The van der Waals surface area contributed by atoms with Crippen LogP contribution in [0.4, 0.5) is 10.8 Å². The molecule has 0 aliphatic carbocycles. The molecule has 1 aromatic heterocycles. The van der Waals surface area contributed by atoms with Crippen LogP contribution in [0.5, 0.6) is 0 Å². The van der Waals surface area contributed by atoms with Crippen molar-refractivity contribution >= 4 is 22.4 Å². The second kappa shape index (κ2) is 3.92. The summed E-state index contributed by atoms with van der Waals surface area (Å²) in [6, 6.07) is 2.07. The molecular formula is C10H14N4OS. The van der Waals surface area contributed by atoms with E-state index in [1.807, 2.05) is 11.8 Å². The van der Waals surface area contributed by atoms with E-state index in [1.54, 1.807) is 0 Å². The molecule has 1 saturated heterocycles. The summed E-state index contributed by atoms with van der Waals surface area (Å²) >= 11 is 1.23. The fourth-order valence-electron chi connectivity index (χ4n) is 2.01. The van der Waals surface area contributed by atoms with Gasteiger partial charge in [0.1, 0.15) is 16.6 Å². The summed E-state index contributed by atoms with van der Waals surface area (Å²) in [5.41, 5.74) is 5.36. The Labute approximate surface area is 98.3 Å². The molecule has 0 amide bonds. The highest BCUT2D eigenvalue weighted by molar-refractivity contribution is 7.10. The van der Waals surface area contributed by atoms with Crippen molar-refractivity contribution in [3.63, 3.8) is 0 Å². The largest absolute Gasteiger partial charge is 0.388 e. The van der Waals surface area contributed by atoms with E-state index in [1.165, 1.54) is 11.5 Å². The Morgan fingerprint density at radius 2 is 2.44 bits per heavy atom. The summed E-state index contributed by atoms with van der Waals surface area (Å²) in [6.45, 7) is 3.19. The number of nitriles is 1. The van der Waals surface area contributed by atoms with E-state index in [2.05, 4.69) is 10.4 Å². The first kappa shape index (κ1) is 11.2. The molecule has 1 aliphatic rings. The fourth-order valence-corrected chi connectivity index (χ4v) is 2.80. The quantitative estimate of drug-likeness (QED) is 0.760. The summed E-state index contributed by atoms with van der Waals surface area (Å²) in [6.07, 6.45) is 1.70. The van der Waals surface area contributed by atoms with Crippen LogP contribution in [0.25, 0.3) is 0 Å². The van der Waals surface area contributed by atoms with Gasteiger partial charge in [-0.25, -0.2) is 0 Å². The Morgan fingerprint density at radius 3 is 3.06 bits per heavy atom. The smallest absolute Gasteiger partial charge is 0.157 e. The Morgan fingerprint density at radius 1 is 1.69 bits per heavy atom. The van der Waals surface area contributed by atoms with Crippen LogP contribution in [0.1, 0.15) is 25.3 Å². The summed E-state index contributed by atoms with van der Waals surface area (Å²) < 4.78 is 3.98. The predicted molar refractivity (Wildman–Crippen MR) is 63.3 cm³/mol. The molecule has 5 nitrogen and oxygen atoms in total. The standard InChI is InChI=1S/C10H14N4OS/c1-10(15)3-2-4-14(6-10)9-7(5-11)8(12)13-16-9/h15H,2-4,6H2,1H3,(H2,12,13). The molecule has 0 saturated carbocycles. The van der Waals surface area contributed by atoms with E-state index in [0.29, 0.717) is 12.1 Å². The molecule has 1 atom stereocenters. The van der Waals surface area contributed by atoms with Crippen LogP contribution in [-0.4, -0.2) is 28.2 Å². The summed E-state index contributed by atoms with van der Waals surface area (Å²) in [5, 5.41) is 19.8. The van der Waals surface area contributed by atoms with Gasteiger partial charge in [0.05, 0.1) is 5.60 Å². The normalized spacial score (nSPS) is 25.4. The number of hydrogen-bond donors (Lipinski definition) is 2. The van der Waals surface area contributed by atoms with Gasteiger partial charge in [-0.2, -0.15) is 9.64 Å². The summed E-state index contributed by atoms with van der Waals surface area (Å²) in [7, 11) is 0. The third-order valence-electron chi connectivity index (χ3n) is 2.77. The van der Waals surface area contributed by atoms with Crippen molar-refractivity contribution in [1.29, 1.82) is 5.26 Å². The van der Waals surface area contributed by atoms with Gasteiger partial charge in [-0.05, 0) is 31.3 Å². The van der Waals surface area contributed by atoms with Crippen LogP contribution in [0, 0.1) is 11.3 Å². The molecule has 1 unspecified atom stereocenters. The van der Waals surface area contributed by atoms with Gasteiger partial charge >= 0.3 is 0 Å². The van der Waals surface area contributed by atoms with E-state index in [0.717, 1.165) is 24.4 Å². The zero-order valence-corrected chi connectivity index (χ0v) is 9.92. The number of nitrogens with two attached hydrogens (primary N) is 1. The predicted octanol–water partition coefficient (Wildman–Crippen LogP) is 0.948. The number of aliphatic hydroxyl groups is 1. The van der Waals surface area contributed by atoms with Crippen LogP contribution >= 0.6 is 11.5 Å². The lowest BCUT2D eigenvalue weighted by Gasteiger charge is -2.37. The van der Waals surface area contributed by atoms with Crippen LogP contribution < -0.4 is 10.6 Å². The molecule has 2 rings (SSSR count). The number of piperidine rings is 1. The Bertz CT molecular complexity index is 435. The second-order valence-corrected chi connectivity index (χ2v) is 5.13. The average Bonchev–Trinajstić information content (AvgIpc) is 2.58. The van der Waals surface area contributed by atoms with Gasteiger partial charge in [0.25, 0.3) is 0 Å². The van der Waals surface area contributed by atoms with Gasteiger partial charge in [-0.1, -0.05) is 0 Å². The van der Waals surface area contributed by atoms with Gasteiger partial charge in [0.15, 0.2) is 5.82 Å². The molecule has 3 N–H and O–H groups in total. The van der Waals surface area contributed by atoms with Crippen molar-refractivity contribution in [2.45, 2.75) is 25.4 Å². The van der Waals surface area contributed by atoms with Crippen LogP contribution in [0.3, 0.4) is 0 Å². The van der Waals surface area contributed by atoms with E-state index in [9.17, 15) is 5.11 Å². The van der Waals surface area contributed by atoms with Gasteiger partial charge in [0, 0.05) is 13.1 Å². The highest BCUT2D eigenvalue weighted by Crippen LogP contribution is 2.33. The molecule has 1 fully saturated rings. The van der Waals surface area contributed by atoms with E-state index in [4.69, 9.17) is 11.0 Å². The molecule has 0 bridgehead atoms. The molecule has 16 heavy (non-hydrogen) atoms. The van der Waals surface area contributed by atoms with Crippen LogP contribution in [-0.2, 0) is 0 Å². The number of nitrogens with zero attached hydrogens (tertiary/aromatic N) is 3. The zero-order valence-electron chi connectivity index (χ0n) is 9.10. The number of rotatable bonds is 1. The van der Waals surface area contributed by atoms with Gasteiger partial charge in [-0.3, -0.25) is 0 Å². The minimum Gasteiger partial charge on any atom is -0.388 e. The lowest BCUT2D eigenvalue weighted by Crippen LogP contribution is -2.46. The van der Waals surface area contributed by atoms with Crippen molar-refractivity contribution in [1.82, 2.24) is 4.37 Å². The van der Waals surface area contributed by atoms with E-state index < -0.39 is 5.60 Å². The van der Waals surface area contributed by atoms with Gasteiger partial charge < -0.3 is 15.7 Å². The molecular weight excluding hydrogens is 224 g/mol. The average molecular weight is 238 g/mol. The third kappa shape index (κ3) is 1.96. The van der Waals surface area contributed by atoms with Crippen molar-refractivity contribution < 1.29 is 5.11 Å². The highest BCUT2D eigenvalue weighted by atomic mass is 32.1. The first-order valence-electron chi connectivity index (χ1n) is 5.16. The highest BCUT2D eigenvalue weighted by Gasteiger charge is 2.30.